The minimum absolute atomic E-state index is 0.228. The monoisotopic (exact) mass is 370 g/mol. The molecule has 0 saturated heterocycles. The third kappa shape index (κ3) is 4.01. The van der Waals surface area contributed by atoms with Gasteiger partial charge in [0, 0.05) is 25.4 Å². The van der Waals surface area contributed by atoms with Crippen LogP contribution in [-0.4, -0.2) is 48.4 Å². The lowest BCUT2D eigenvalue weighted by atomic mass is 10.2. The van der Waals surface area contributed by atoms with Gasteiger partial charge in [0.05, 0.1) is 27.4 Å². The van der Waals surface area contributed by atoms with Crippen molar-refractivity contribution < 1.29 is 19.0 Å². The summed E-state index contributed by atoms with van der Waals surface area (Å²) in [5.41, 5.74) is 2.03. The third-order valence-corrected chi connectivity index (χ3v) is 4.15. The van der Waals surface area contributed by atoms with Gasteiger partial charge >= 0.3 is 0 Å². The summed E-state index contributed by atoms with van der Waals surface area (Å²) in [4.78, 5) is 21.5. The summed E-state index contributed by atoms with van der Waals surface area (Å²) in [6, 6.07) is 8.76. The molecule has 0 radical (unpaired) electrons. The number of ether oxygens (including phenoxy) is 3. The molecule has 1 aromatic carbocycles. The predicted octanol–water partition coefficient (Wildman–Crippen LogP) is 2.02. The molecule has 27 heavy (non-hydrogen) atoms. The lowest BCUT2D eigenvalue weighted by molar-refractivity contribution is 0.0949. The second-order valence-electron chi connectivity index (χ2n) is 5.77. The van der Waals surface area contributed by atoms with Crippen molar-refractivity contribution >= 4 is 17.1 Å². The van der Waals surface area contributed by atoms with Crippen molar-refractivity contribution in [3.8, 4) is 11.5 Å². The Balaban J connectivity index is 1.79. The minimum Gasteiger partial charge on any atom is -0.493 e. The molecule has 2 aromatic heterocycles. The van der Waals surface area contributed by atoms with Crippen LogP contribution >= 0.6 is 0 Å². The van der Waals surface area contributed by atoms with E-state index in [-0.39, 0.29) is 12.5 Å². The van der Waals surface area contributed by atoms with Crippen LogP contribution < -0.4 is 14.8 Å². The molecule has 0 aliphatic carbocycles. The third-order valence-electron chi connectivity index (χ3n) is 4.15. The molecule has 8 heteroatoms. The summed E-state index contributed by atoms with van der Waals surface area (Å²) < 4.78 is 17.6. The molecule has 0 saturated carbocycles. The molecule has 0 aliphatic rings. The number of benzene rings is 1. The van der Waals surface area contributed by atoms with Crippen LogP contribution in [0.2, 0.25) is 0 Å². The molecule has 0 bridgehead atoms. The van der Waals surface area contributed by atoms with E-state index in [1.807, 2.05) is 16.7 Å². The SMILES string of the molecule is COCCn1c(CNC(=O)c2ccc(OC)c(OC)c2)nc2cccnc21. The highest BCUT2D eigenvalue weighted by molar-refractivity contribution is 5.94. The minimum atomic E-state index is -0.228. The number of hydrogen-bond acceptors (Lipinski definition) is 6. The second kappa shape index (κ2) is 8.50. The number of pyridine rings is 1. The van der Waals surface area contributed by atoms with Crippen LogP contribution in [0.3, 0.4) is 0 Å². The van der Waals surface area contributed by atoms with Crippen LogP contribution in [0, 0.1) is 0 Å². The summed E-state index contributed by atoms with van der Waals surface area (Å²) in [6.07, 6.45) is 1.72. The number of rotatable bonds is 8. The quantitative estimate of drug-likeness (QED) is 0.653. The number of carbonyl (C=O) groups excluding carboxylic acids is 1. The van der Waals surface area contributed by atoms with Gasteiger partial charge in [-0.3, -0.25) is 4.79 Å². The Morgan fingerprint density at radius 3 is 2.70 bits per heavy atom. The highest BCUT2D eigenvalue weighted by Crippen LogP contribution is 2.27. The summed E-state index contributed by atoms with van der Waals surface area (Å²) in [5.74, 6) is 1.56. The average molecular weight is 370 g/mol. The first kappa shape index (κ1) is 18.7. The summed E-state index contributed by atoms with van der Waals surface area (Å²) >= 11 is 0. The van der Waals surface area contributed by atoms with E-state index in [4.69, 9.17) is 14.2 Å². The molecule has 3 aromatic rings. The number of methoxy groups -OCH3 is 3. The lowest BCUT2D eigenvalue weighted by Gasteiger charge is -2.11. The van der Waals surface area contributed by atoms with Crippen molar-refractivity contribution in [3.63, 3.8) is 0 Å². The van der Waals surface area contributed by atoms with Crippen molar-refractivity contribution in [3.05, 3.63) is 47.9 Å². The van der Waals surface area contributed by atoms with E-state index in [9.17, 15) is 4.79 Å². The number of nitrogens with zero attached hydrogens (tertiary/aromatic N) is 3. The molecule has 142 valence electrons. The van der Waals surface area contributed by atoms with Gasteiger partial charge in [-0.1, -0.05) is 0 Å². The Kier molecular flexibility index (Phi) is 5.87. The molecule has 0 unspecified atom stereocenters. The molecule has 8 nitrogen and oxygen atoms in total. The predicted molar refractivity (Wildman–Crippen MR) is 100 cm³/mol. The van der Waals surface area contributed by atoms with E-state index in [0.29, 0.717) is 30.2 Å². The van der Waals surface area contributed by atoms with Crippen LogP contribution in [0.4, 0.5) is 0 Å². The maximum Gasteiger partial charge on any atom is 0.251 e. The van der Waals surface area contributed by atoms with Gasteiger partial charge in [0.1, 0.15) is 11.3 Å². The molecule has 2 heterocycles. The molecule has 0 atom stereocenters. The summed E-state index contributed by atoms with van der Waals surface area (Å²) in [5, 5.41) is 2.89. The Hall–Kier alpha value is -3.13. The number of hydrogen-bond donors (Lipinski definition) is 1. The van der Waals surface area contributed by atoms with Crippen LogP contribution in [0.25, 0.3) is 11.2 Å². The van der Waals surface area contributed by atoms with Gasteiger partial charge in [-0.15, -0.1) is 0 Å². The van der Waals surface area contributed by atoms with E-state index >= 15 is 0 Å². The topological polar surface area (TPSA) is 87.5 Å². The average Bonchev–Trinajstić information content (AvgIpc) is 3.07. The lowest BCUT2D eigenvalue weighted by Crippen LogP contribution is -2.25. The first-order valence-electron chi connectivity index (χ1n) is 8.47. The Morgan fingerprint density at radius 1 is 1.15 bits per heavy atom. The van der Waals surface area contributed by atoms with Gasteiger partial charge in [-0.2, -0.15) is 0 Å². The summed E-state index contributed by atoms with van der Waals surface area (Å²) in [7, 11) is 4.73. The molecule has 0 aliphatic heterocycles. The zero-order valence-electron chi connectivity index (χ0n) is 15.6. The molecule has 3 rings (SSSR count). The van der Waals surface area contributed by atoms with Gasteiger partial charge in [-0.25, -0.2) is 9.97 Å². The molecule has 0 fully saturated rings. The fourth-order valence-electron chi connectivity index (χ4n) is 2.80. The molecule has 0 spiro atoms. The number of fused-ring (bicyclic) bond motifs is 1. The zero-order valence-corrected chi connectivity index (χ0v) is 15.6. The van der Waals surface area contributed by atoms with Crippen LogP contribution in [0.1, 0.15) is 16.2 Å². The second-order valence-corrected chi connectivity index (χ2v) is 5.77. The number of aromatic nitrogens is 3. The van der Waals surface area contributed by atoms with Crippen molar-refractivity contribution in [1.29, 1.82) is 0 Å². The van der Waals surface area contributed by atoms with Gasteiger partial charge in [0.2, 0.25) is 0 Å². The maximum absolute atomic E-state index is 12.5. The number of carbonyl (C=O) groups is 1. The Morgan fingerprint density at radius 2 is 1.96 bits per heavy atom. The zero-order chi connectivity index (χ0) is 19.2. The normalized spacial score (nSPS) is 10.8. The molecule has 1 N–H and O–H groups in total. The van der Waals surface area contributed by atoms with Crippen molar-refractivity contribution in [1.82, 2.24) is 19.9 Å². The fourth-order valence-corrected chi connectivity index (χ4v) is 2.80. The highest BCUT2D eigenvalue weighted by Gasteiger charge is 2.14. The van der Waals surface area contributed by atoms with Gasteiger partial charge in [0.15, 0.2) is 17.1 Å². The molecular formula is C19H22N4O4. The van der Waals surface area contributed by atoms with E-state index in [1.54, 1.807) is 38.6 Å². The fraction of sp³-hybridized carbons (Fsp3) is 0.316. The van der Waals surface area contributed by atoms with Crippen LogP contribution in [0.15, 0.2) is 36.5 Å². The van der Waals surface area contributed by atoms with Crippen molar-refractivity contribution in [2.75, 3.05) is 27.9 Å². The maximum atomic E-state index is 12.5. The first-order valence-corrected chi connectivity index (χ1v) is 8.47. The summed E-state index contributed by atoms with van der Waals surface area (Å²) in [6.45, 7) is 1.40. The van der Waals surface area contributed by atoms with Crippen LogP contribution in [0.5, 0.6) is 11.5 Å². The van der Waals surface area contributed by atoms with Crippen molar-refractivity contribution in [2.24, 2.45) is 0 Å². The highest BCUT2D eigenvalue weighted by atomic mass is 16.5. The van der Waals surface area contributed by atoms with E-state index in [0.717, 1.165) is 17.0 Å². The largest absolute Gasteiger partial charge is 0.493 e. The van der Waals surface area contributed by atoms with E-state index in [1.165, 1.54) is 7.11 Å². The Bertz CT molecular complexity index is 939. The van der Waals surface area contributed by atoms with E-state index < -0.39 is 0 Å². The van der Waals surface area contributed by atoms with Gasteiger partial charge in [-0.05, 0) is 30.3 Å². The molecule has 1 amide bonds. The first-order chi connectivity index (χ1) is 13.2. The Labute approximate surface area is 157 Å². The smallest absolute Gasteiger partial charge is 0.251 e. The number of amides is 1. The van der Waals surface area contributed by atoms with Gasteiger partial charge < -0.3 is 24.1 Å². The van der Waals surface area contributed by atoms with Crippen molar-refractivity contribution in [2.45, 2.75) is 13.1 Å². The molecular weight excluding hydrogens is 348 g/mol. The number of nitrogens with one attached hydrogen (secondary N) is 1. The van der Waals surface area contributed by atoms with Crippen LogP contribution in [-0.2, 0) is 17.8 Å². The standard InChI is InChI=1S/C19H22N4O4/c1-25-10-9-23-17(22-14-5-4-8-20-18(14)23)12-21-19(24)13-6-7-15(26-2)16(11-13)27-3/h4-8,11H,9-10,12H2,1-3H3,(H,21,24). The van der Waals surface area contributed by atoms with Gasteiger partial charge in [0.25, 0.3) is 5.91 Å². The number of imidazole rings is 1. The van der Waals surface area contributed by atoms with E-state index in [2.05, 4.69) is 15.3 Å².